The number of rotatable bonds is 4. The molecule has 1 heterocycles. The number of aromatic nitrogens is 3. The average molecular weight is 331 g/mol. The number of aromatic amines is 1. The van der Waals surface area contributed by atoms with E-state index in [9.17, 15) is 12.8 Å². The molecule has 0 unspecified atom stereocenters. The minimum Gasteiger partial charge on any atom is -0.262 e. The van der Waals surface area contributed by atoms with E-state index in [-0.39, 0.29) is 9.92 Å². The molecule has 0 spiro atoms. The smallest absolute Gasteiger partial charge is 0.242 e. The first kappa shape index (κ1) is 14.4. The molecule has 0 radical (unpaired) electrons. The van der Waals surface area contributed by atoms with Crippen LogP contribution in [-0.2, 0) is 15.6 Å². The monoisotopic (exact) mass is 330 g/mol. The van der Waals surface area contributed by atoms with E-state index in [4.69, 9.17) is 11.6 Å². The first-order valence-corrected chi connectivity index (χ1v) is 8.14. The van der Waals surface area contributed by atoms with Gasteiger partial charge in [0.1, 0.15) is 22.9 Å². The summed E-state index contributed by atoms with van der Waals surface area (Å²) in [4.78, 5) is 3.88. The second-order valence-electron chi connectivity index (χ2n) is 4.95. The molecule has 0 saturated heterocycles. The number of sulfonamides is 1. The van der Waals surface area contributed by atoms with Crippen molar-refractivity contribution in [2.45, 2.75) is 29.7 Å². The van der Waals surface area contributed by atoms with Gasteiger partial charge in [-0.25, -0.2) is 17.8 Å². The molecule has 6 nitrogen and oxygen atoms in total. The van der Waals surface area contributed by atoms with Gasteiger partial charge >= 0.3 is 0 Å². The summed E-state index contributed by atoms with van der Waals surface area (Å²) in [6, 6.07) is 3.17. The zero-order valence-corrected chi connectivity index (χ0v) is 12.4. The number of halogens is 2. The van der Waals surface area contributed by atoms with Crippen molar-refractivity contribution in [1.82, 2.24) is 19.9 Å². The van der Waals surface area contributed by atoms with Gasteiger partial charge in [-0.05, 0) is 37.5 Å². The van der Waals surface area contributed by atoms with Crippen LogP contribution in [0.5, 0.6) is 0 Å². The Kier molecular flexibility index (Phi) is 3.46. The Bertz CT molecular complexity index is 760. The fourth-order valence-electron chi connectivity index (χ4n) is 2.36. The maximum absolute atomic E-state index is 13.1. The molecular weight excluding hydrogens is 319 g/mol. The fraction of sp³-hybridized carbons (Fsp3) is 0.333. The molecule has 3 rings (SSSR count). The lowest BCUT2D eigenvalue weighted by atomic mass is 9.77. The molecule has 2 N–H and O–H groups in total. The number of H-pyrrole nitrogens is 1. The lowest BCUT2D eigenvalue weighted by molar-refractivity contribution is 0.211. The summed E-state index contributed by atoms with van der Waals surface area (Å²) in [5.74, 6) is -0.122. The maximum atomic E-state index is 13.1. The third kappa shape index (κ3) is 2.54. The van der Waals surface area contributed by atoms with E-state index in [1.807, 2.05) is 0 Å². The molecule has 112 valence electrons. The molecule has 9 heteroatoms. The zero-order valence-electron chi connectivity index (χ0n) is 10.8. The highest BCUT2D eigenvalue weighted by Crippen LogP contribution is 2.41. The molecule has 1 aliphatic carbocycles. The maximum Gasteiger partial charge on any atom is 0.242 e. The van der Waals surface area contributed by atoms with Crippen LogP contribution in [0.15, 0.2) is 29.4 Å². The van der Waals surface area contributed by atoms with Crippen LogP contribution in [0.2, 0.25) is 5.02 Å². The number of nitrogens with one attached hydrogen (secondary N) is 2. The molecular formula is C12H12ClFN4O2S. The van der Waals surface area contributed by atoms with Crippen molar-refractivity contribution < 1.29 is 12.8 Å². The molecule has 1 fully saturated rings. The first-order valence-electron chi connectivity index (χ1n) is 6.28. The van der Waals surface area contributed by atoms with Crippen LogP contribution in [0.25, 0.3) is 0 Å². The average Bonchev–Trinajstić information content (AvgIpc) is 2.87. The van der Waals surface area contributed by atoms with E-state index in [1.165, 1.54) is 6.33 Å². The molecule has 0 aliphatic heterocycles. The topological polar surface area (TPSA) is 87.7 Å². The van der Waals surface area contributed by atoms with Gasteiger partial charge in [-0.3, -0.25) is 5.10 Å². The Morgan fingerprint density at radius 3 is 2.67 bits per heavy atom. The van der Waals surface area contributed by atoms with Gasteiger partial charge in [0.25, 0.3) is 0 Å². The van der Waals surface area contributed by atoms with Gasteiger partial charge in [-0.1, -0.05) is 11.6 Å². The Labute approximate surface area is 125 Å². The van der Waals surface area contributed by atoms with E-state index in [2.05, 4.69) is 19.9 Å². The molecule has 1 saturated carbocycles. The van der Waals surface area contributed by atoms with Crippen LogP contribution < -0.4 is 4.72 Å². The predicted molar refractivity (Wildman–Crippen MR) is 73.6 cm³/mol. The third-order valence-electron chi connectivity index (χ3n) is 3.59. The van der Waals surface area contributed by atoms with E-state index in [1.54, 1.807) is 0 Å². The lowest BCUT2D eigenvalue weighted by Crippen LogP contribution is -2.51. The lowest BCUT2D eigenvalue weighted by Gasteiger charge is -2.40. The SMILES string of the molecule is O=S(=O)(NC1(c2ncn[nH]2)CCC1)c1ccc(F)cc1Cl. The molecule has 1 aromatic carbocycles. The van der Waals surface area contributed by atoms with Crippen molar-refractivity contribution in [3.8, 4) is 0 Å². The number of benzene rings is 1. The Morgan fingerprint density at radius 1 is 1.38 bits per heavy atom. The molecule has 0 bridgehead atoms. The van der Waals surface area contributed by atoms with Gasteiger partial charge in [0.15, 0.2) is 0 Å². The first-order chi connectivity index (χ1) is 9.93. The summed E-state index contributed by atoms with van der Waals surface area (Å²) in [5, 5.41) is 6.29. The summed E-state index contributed by atoms with van der Waals surface area (Å²) in [6.45, 7) is 0. The summed E-state index contributed by atoms with van der Waals surface area (Å²) in [6.07, 6.45) is 3.43. The van der Waals surface area contributed by atoms with Crippen LogP contribution in [0.3, 0.4) is 0 Å². The minimum atomic E-state index is -3.89. The summed E-state index contributed by atoms with van der Waals surface area (Å²) in [5.41, 5.74) is -0.799. The Hall–Kier alpha value is -1.51. The standard InChI is InChI=1S/C12H12ClFN4O2S/c13-9-6-8(14)2-3-10(9)21(19,20)18-12(4-1-5-12)11-15-7-16-17-11/h2-3,6-7,18H,1,4-5H2,(H,15,16,17). The molecule has 2 aromatic rings. The predicted octanol–water partition coefficient (Wildman–Crippen LogP) is 1.95. The molecule has 0 atom stereocenters. The summed E-state index contributed by atoms with van der Waals surface area (Å²) in [7, 11) is -3.89. The third-order valence-corrected chi connectivity index (χ3v) is 5.61. The van der Waals surface area contributed by atoms with Crippen molar-refractivity contribution in [3.05, 3.63) is 41.2 Å². The largest absolute Gasteiger partial charge is 0.262 e. The summed E-state index contributed by atoms with van der Waals surface area (Å²) < 4.78 is 40.6. The normalized spacial score (nSPS) is 17.4. The van der Waals surface area contributed by atoms with Gasteiger partial charge in [0.05, 0.1) is 10.6 Å². The van der Waals surface area contributed by atoms with Crippen molar-refractivity contribution >= 4 is 21.6 Å². The highest BCUT2D eigenvalue weighted by Gasteiger charge is 2.45. The van der Waals surface area contributed by atoms with E-state index in [0.29, 0.717) is 18.7 Å². The Balaban J connectivity index is 1.96. The van der Waals surface area contributed by atoms with Crippen molar-refractivity contribution in [2.24, 2.45) is 0 Å². The molecule has 1 aromatic heterocycles. The van der Waals surface area contributed by atoms with E-state index >= 15 is 0 Å². The van der Waals surface area contributed by atoms with Gasteiger partial charge in [-0.2, -0.15) is 9.82 Å². The second-order valence-corrected chi connectivity index (χ2v) is 7.01. The number of hydrogen-bond donors (Lipinski definition) is 2. The number of nitrogens with zero attached hydrogens (tertiary/aromatic N) is 2. The molecule has 0 amide bonds. The van der Waals surface area contributed by atoms with E-state index in [0.717, 1.165) is 24.6 Å². The minimum absolute atomic E-state index is 0.156. The molecule has 1 aliphatic rings. The van der Waals surface area contributed by atoms with Crippen molar-refractivity contribution in [1.29, 1.82) is 0 Å². The Morgan fingerprint density at radius 2 is 2.14 bits per heavy atom. The van der Waals surface area contributed by atoms with Crippen molar-refractivity contribution in [2.75, 3.05) is 0 Å². The quantitative estimate of drug-likeness (QED) is 0.897. The second kappa shape index (κ2) is 5.04. The van der Waals surface area contributed by atoms with Gasteiger partial charge < -0.3 is 0 Å². The van der Waals surface area contributed by atoms with Gasteiger partial charge in [0.2, 0.25) is 10.0 Å². The highest BCUT2D eigenvalue weighted by atomic mass is 35.5. The van der Waals surface area contributed by atoms with Crippen molar-refractivity contribution in [3.63, 3.8) is 0 Å². The highest BCUT2D eigenvalue weighted by molar-refractivity contribution is 7.89. The fourth-order valence-corrected chi connectivity index (χ4v) is 4.32. The van der Waals surface area contributed by atoms with Crippen LogP contribution in [0.4, 0.5) is 4.39 Å². The van der Waals surface area contributed by atoms with Gasteiger partial charge in [0, 0.05) is 0 Å². The summed E-state index contributed by atoms with van der Waals surface area (Å²) >= 11 is 5.83. The van der Waals surface area contributed by atoms with Crippen LogP contribution in [0, 0.1) is 5.82 Å². The zero-order chi connectivity index (χ0) is 15.1. The van der Waals surface area contributed by atoms with Crippen LogP contribution in [-0.4, -0.2) is 23.6 Å². The molecule has 21 heavy (non-hydrogen) atoms. The van der Waals surface area contributed by atoms with E-state index < -0.39 is 21.4 Å². The number of hydrogen-bond acceptors (Lipinski definition) is 4. The van der Waals surface area contributed by atoms with Crippen LogP contribution >= 0.6 is 11.6 Å². The van der Waals surface area contributed by atoms with Gasteiger partial charge in [-0.15, -0.1) is 0 Å². The van der Waals surface area contributed by atoms with Crippen LogP contribution in [0.1, 0.15) is 25.1 Å².